The van der Waals surface area contributed by atoms with Crippen LogP contribution in [0.25, 0.3) is 0 Å². The van der Waals surface area contributed by atoms with Gasteiger partial charge in [-0.25, -0.2) is 18.4 Å². The number of sulfone groups is 1. The van der Waals surface area contributed by atoms with E-state index in [0.717, 1.165) is 13.1 Å². The predicted molar refractivity (Wildman–Crippen MR) is 142 cm³/mol. The Labute approximate surface area is 220 Å². The van der Waals surface area contributed by atoms with Crippen molar-refractivity contribution in [3.63, 3.8) is 0 Å². The SMILES string of the molecule is CC(C)S(=O)(=O)c1ncccc1Nc1nc(Nc2cccc(NC(=O)CN3CCOCC3)c2)ncc1Cl. The van der Waals surface area contributed by atoms with E-state index < -0.39 is 15.1 Å². The van der Waals surface area contributed by atoms with Crippen LogP contribution in [0, 0.1) is 0 Å². The van der Waals surface area contributed by atoms with Gasteiger partial charge in [-0.15, -0.1) is 0 Å². The van der Waals surface area contributed by atoms with Gasteiger partial charge in [0.15, 0.2) is 20.7 Å². The fourth-order valence-electron chi connectivity index (χ4n) is 3.55. The number of benzene rings is 1. The summed E-state index contributed by atoms with van der Waals surface area (Å²) in [7, 11) is -3.64. The number of nitrogens with zero attached hydrogens (tertiary/aromatic N) is 4. The third kappa shape index (κ3) is 6.92. The highest BCUT2D eigenvalue weighted by molar-refractivity contribution is 7.92. The minimum atomic E-state index is -3.64. The number of amides is 1. The Balaban J connectivity index is 1.47. The Kier molecular flexibility index (Phi) is 8.54. The molecule has 13 heteroatoms. The van der Waals surface area contributed by atoms with Crippen molar-refractivity contribution < 1.29 is 17.9 Å². The van der Waals surface area contributed by atoms with Crippen LogP contribution in [0.15, 0.2) is 53.8 Å². The lowest BCUT2D eigenvalue weighted by Gasteiger charge is -2.25. The number of hydrogen-bond donors (Lipinski definition) is 3. The van der Waals surface area contributed by atoms with Crippen LogP contribution in [0.5, 0.6) is 0 Å². The Morgan fingerprint density at radius 1 is 1.11 bits per heavy atom. The summed E-state index contributed by atoms with van der Waals surface area (Å²) in [5, 5.41) is 8.41. The predicted octanol–water partition coefficient (Wildman–Crippen LogP) is 3.47. The van der Waals surface area contributed by atoms with Crippen LogP contribution in [-0.2, 0) is 19.4 Å². The van der Waals surface area contributed by atoms with Crippen LogP contribution in [-0.4, -0.2) is 72.3 Å². The molecule has 0 saturated carbocycles. The number of morpholine rings is 1. The molecule has 2 aromatic heterocycles. The van der Waals surface area contributed by atoms with Crippen molar-refractivity contribution in [1.82, 2.24) is 19.9 Å². The van der Waals surface area contributed by atoms with E-state index in [1.807, 2.05) is 4.90 Å². The zero-order valence-corrected chi connectivity index (χ0v) is 22.0. The molecule has 0 spiro atoms. The molecule has 3 N–H and O–H groups in total. The third-order valence-corrected chi connectivity index (χ3v) is 7.91. The number of ether oxygens (including phenoxy) is 1. The topological polar surface area (TPSA) is 138 Å². The van der Waals surface area contributed by atoms with Gasteiger partial charge in [0.1, 0.15) is 5.02 Å². The molecule has 11 nitrogen and oxygen atoms in total. The Morgan fingerprint density at radius 3 is 2.62 bits per heavy atom. The lowest BCUT2D eigenvalue weighted by atomic mass is 10.2. The molecular formula is C24H28ClN7O4S. The molecule has 3 heterocycles. The minimum absolute atomic E-state index is 0.0882. The van der Waals surface area contributed by atoms with Gasteiger partial charge in [0.05, 0.1) is 36.9 Å². The molecule has 1 amide bonds. The normalized spacial score (nSPS) is 14.4. The quantitative estimate of drug-likeness (QED) is 0.366. The van der Waals surface area contributed by atoms with Crippen LogP contribution >= 0.6 is 11.6 Å². The molecule has 1 aliphatic heterocycles. The number of nitrogens with one attached hydrogen (secondary N) is 3. The molecule has 37 heavy (non-hydrogen) atoms. The molecule has 4 rings (SSSR count). The van der Waals surface area contributed by atoms with Crippen molar-refractivity contribution in [3.05, 3.63) is 53.8 Å². The van der Waals surface area contributed by atoms with E-state index >= 15 is 0 Å². The lowest BCUT2D eigenvalue weighted by molar-refractivity contribution is -0.118. The second kappa shape index (κ2) is 11.8. The molecular weight excluding hydrogens is 518 g/mol. The molecule has 1 aliphatic rings. The van der Waals surface area contributed by atoms with E-state index in [0.29, 0.717) is 31.1 Å². The molecule has 1 aromatic carbocycles. The Hall–Kier alpha value is -3.32. The standard InChI is InChI=1S/C24H28ClN7O4S/c1-16(2)37(34,35)23-20(7-4-8-26-23)30-22-19(25)14-27-24(31-22)29-18-6-3-5-17(13-18)28-21(33)15-32-9-11-36-12-10-32/h3-8,13-14,16H,9-12,15H2,1-2H3,(H,28,33)(H2,27,29,30,31). The van der Waals surface area contributed by atoms with Gasteiger partial charge in [-0.3, -0.25) is 9.69 Å². The maximum atomic E-state index is 12.7. The van der Waals surface area contributed by atoms with Crippen molar-refractivity contribution >= 4 is 56.2 Å². The Bertz CT molecular complexity index is 1360. The lowest BCUT2D eigenvalue weighted by Crippen LogP contribution is -2.41. The van der Waals surface area contributed by atoms with Gasteiger partial charge in [-0.1, -0.05) is 17.7 Å². The van der Waals surface area contributed by atoms with E-state index in [1.54, 1.807) is 50.2 Å². The summed E-state index contributed by atoms with van der Waals surface area (Å²) in [4.78, 5) is 27.2. The number of anilines is 5. The summed E-state index contributed by atoms with van der Waals surface area (Å²) >= 11 is 6.30. The number of hydrogen-bond acceptors (Lipinski definition) is 10. The van der Waals surface area contributed by atoms with Gasteiger partial charge in [0.2, 0.25) is 11.9 Å². The zero-order chi connectivity index (χ0) is 26.4. The average molecular weight is 546 g/mol. The van der Waals surface area contributed by atoms with Crippen molar-refractivity contribution in [2.75, 3.05) is 48.8 Å². The fraction of sp³-hybridized carbons (Fsp3) is 0.333. The molecule has 0 unspecified atom stereocenters. The van der Waals surface area contributed by atoms with E-state index in [2.05, 4.69) is 30.9 Å². The second-order valence-electron chi connectivity index (χ2n) is 8.61. The summed E-state index contributed by atoms with van der Waals surface area (Å²) < 4.78 is 30.8. The maximum absolute atomic E-state index is 12.7. The molecule has 3 aromatic rings. The molecule has 0 atom stereocenters. The number of carbonyl (C=O) groups is 1. The highest BCUT2D eigenvalue weighted by Gasteiger charge is 2.25. The van der Waals surface area contributed by atoms with Crippen LogP contribution in [0.3, 0.4) is 0 Å². The molecule has 0 radical (unpaired) electrons. The van der Waals surface area contributed by atoms with E-state index in [-0.39, 0.29) is 33.4 Å². The van der Waals surface area contributed by atoms with Crippen LogP contribution in [0.2, 0.25) is 5.02 Å². The van der Waals surface area contributed by atoms with E-state index in [1.165, 1.54) is 12.4 Å². The highest BCUT2D eigenvalue weighted by Crippen LogP contribution is 2.29. The van der Waals surface area contributed by atoms with Gasteiger partial charge >= 0.3 is 0 Å². The number of halogens is 1. The van der Waals surface area contributed by atoms with E-state index in [9.17, 15) is 13.2 Å². The summed E-state index contributed by atoms with van der Waals surface area (Å²) in [5.74, 6) is 0.320. The van der Waals surface area contributed by atoms with Crippen molar-refractivity contribution in [1.29, 1.82) is 0 Å². The first-order chi connectivity index (χ1) is 17.7. The number of aromatic nitrogens is 3. The molecule has 0 bridgehead atoms. The third-order valence-electron chi connectivity index (χ3n) is 5.53. The monoisotopic (exact) mass is 545 g/mol. The van der Waals surface area contributed by atoms with Crippen molar-refractivity contribution in [3.8, 4) is 0 Å². The molecule has 196 valence electrons. The van der Waals surface area contributed by atoms with Crippen molar-refractivity contribution in [2.45, 2.75) is 24.1 Å². The maximum Gasteiger partial charge on any atom is 0.238 e. The summed E-state index contributed by atoms with van der Waals surface area (Å²) in [6.45, 7) is 6.17. The van der Waals surface area contributed by atoms with Crippen LogP contribution in [0.1, 0.15) is 13.8 Å². The average Bonchev–Trinajstić information content (AvgIpc) is 2.87. The number of rotatable bonds is 9. The highest BCUT2D eigenvalue weighted by atomic mass is 35.5. The molecule has 1 saturated heterocycles. The van der Waals surface area contributed by atoms with Crippen molar-refractivity contribution in [2.24, 2.45) is 0 Å². The fourth-order valence-corrected chi connectivity index (χ4v) is 4.76. The van der Waals surface area contributed by atoms with Gasteiger partial charge in [0, 0.05) is 30.7 Å². The zero-order valence-electron chi connectivity index (χ0n) is 20.4. The second-order valence-corrected chi connectivity index (χ2v) is 11.4. The minimum Gasteiger partial charge on any atom is -0.379 e. The van der Waals surface area contributed by atoms with Crippen LogP contribution in [0.4, 0.5) is 28.8 Å². The van der Waals surface area contributed by atoms with Gasteiger partial charge in [0.25, 0.3) is 0 Å². The smallest absolute Gasteiger partial charge is 0.238 e. The van der Waals surface area contributed by atoms with Crippen LogP contribution < -0.4 is 16.0 Å². The first-order valence-corrected chi connectivity index (χ1v) is 13.6. The van der Waals surface area contributed by atoms with E-state index in [4.69, 9.17) is 16.3 Å². The number of pyridine rings is 1. The first kappa shape index (κ1) is 26.7. The Morgan fingerprint density at radius 2 is 1.86 bits per heavy atom. The largest absolute Gasteiger partial charge is 0.379 e. The van der Waals surface area contributed by atoms with Gasteiger partial charge in [-0.05, 0) is 44.2 Å². The first-order valence-electron chi connectivity index (χ1n) is 11.7. The van der Waals surface area contributed by atoms with Gasteiger partial charge < -0.3 is 20.7 Å². The van der Waals surface area contributed by atoms with Gasteiger partial charge in [-0.2, -0.15) is 4.98 Å². The molecule has 0 aliphatic carbocycles. The summed E-state index contributed by atoms with van der Waals surface area (Å²) in [6.07, 6.45) is 2.82. The summed E-state index contributed by atoms with van der Waals surface area (Å²) in [6, 6.07) is 10.4. The number of carbonyl (C=O) groups excluding carboxylic acids is 1. The molecule has 1 fully saturated rings. The summed E-state index contributed by atoms with van der Waals surface area (Å²) in [5.41, 5.74) is 1.52.